The summed E-state index contributed by atoms with van der Waals surface area (Å²) in [5, 5.41) is 9.75. The zero-order valence-electron chi connectivity index (χ0n) is 16.3. The predicted octanol–water partition coefficient (Wildman–Crippen LogP) is 3.19. The molecule has 2 N–H and O–H groups in total. The molecular weight excluding hydrogens is 426 g/mol. The van der Waals surface area contributed by atoms with Crippen LogP contribution in [0.15, 0.2) is 64.2 Å². The van der Waals surface area contributed by atoms with E-state index in [2.05, 4.69) is 19.9 Å². The molecule has 1 aromatic heterocycles. The van der Waals surface area contributed by atoms with Crippen molar-refractivity contribution in [2.45, 2.75) is 11.3 Å². The second-order valence-electron chi connectivity index (χ2n) is 6.67. The van der Waals surface area contributed by atoms with Crippen LogP contribution in [-0.2, 0) is 21.2 Å². The van der Waals surface area contributed by atoms with E-state index in [4.69, 9.17) is 11.6 Å². The highest BCUT2D eigenvalue weighted by atomic mass is 35.5. The highest BCUT2D eigenvalue weighted by Crippen LogP contribution is 2.30. The lowest BCUT2D eigenvalue weighted by Crippen LogP contribution is -2.15. The number of carbonyl (C=O) groups excluding carboxylic acids is 1. The molecule has 0 radical (unpaired) electrons. The number of halogens is 1. The van der Waals surface area contributed by atoms with Crippen LogP contribution in [0.25, 0.3) is 11.1 Å². The van der Waals surface area contributed by atoms with Gasteiger partial charge in [-0.2, -0.15) is 13.5 Å². The van der Waals surface area contributed by atoms with Gasteiger partial charge in [0.25, 0.3) is 10.0 Å². The third-order valence-corrected chi connectivity index (χ3v) is 5.71. The molecule has 8 nitrogen and oxygen atoms in total. The molecule has 3 rings (SSSR count). The number of rotatable bonds is 7. The summed E-state index contributed by atoms with van der Waals surface area (Å²) in [6.45, 7) is 0. The number of aromatic amines is 1. The zero-order valence-corrected chi connectivity index (χ0v) is 17.9. The van der Waals surface area contributed by atoms with Gasteiger partial charge in [0.15, 0.2) is 0 Å². The number of H-pyrrole nitrogens is 1. The Hall–Kier alpha value is -3.17. The SMILES string of the molecule is CN(C)C=NS(=O)(=O)c1cc(NC(=O)Cc2ccccc2Cl)ccc1-c1cn[nH]c1. The van der Waals surface area contributed by atoms with Gasteiger partial charge in [0.1, 0.15) is 6.34 Å². The topological polar surface area (TPSA) is 108 Å². The lowest BCUT2D eigenvalue weighted by Gasteiger charge is -2.11. The third-order valence-electron chi connectivity index (χ3n) is 4.08. The number of aromatic nitrogens is 2. The molecule has 30 heavy (non-hydrogen) atoms. The maximum atomic E-state index is 12.8. The third kappa shape index (κ3) is 5.25. The molecule has 10 heteroatoms. The van der Waals surface area contributed by atoms with Crippen molar-refractivity contribution in [3.05, 3.63) is 65.4 Å². The number of nitrogens with one attached hydrogen (secondary N) is 2. The van der Waals surface area contributed by atoms with Crippen LogP contribution in [0.2, 0.25) is 5.02 Å². The van der Waals surface area contributed by atoms with Crippen molar-refractivity contribution < 1.29 is 13.2 Å². The molecule has 0 aliphatic carbocycles. The number of amides is 1. The van der Waals surface area contributed by atoms with Gasteiger partial charge in [0.2, 0.25) is 5.91 Å². The summed E-state index contributed by atoms with van der Waals surface area (Å²) in [7, 11) is -0.686. The Morgan fingerprint density at radius 1 is 1.27 bits per heavy atom. The van der Waals surface area contributed by atoms with E-state index in [1.165, 1.54) is 23.5 Å². The average Bonchev–Trinajstić information content (AvgIpc) is 3.23. The van der Waals surface area contributed by atoms with Gasteiger partial charge in [-0.05, 0) is 23.8 Å². The van der Waals surface area contributed by atoms with Gasteiger partial charge in [0.05, 0.1) is 17.5 Å². The molecule has 0 atom stereocenters. The predicted molar refractivity (Wildman–Crippen MR) is 117 cm³/mol. The second-order valence-corrected chi connectivity index (χ2v) is 8.68. The number of hydrogen-bond donors (Lipinski definition) is 2. The molecule has 1 heterocycles. The molecule has 0 saturated carbocycles. The minimum absolute atomic E-state index is 0.0439. The highest BCUT2D eigenvalue weighted by Gasteiger charge is 2.20. The van der Waals surface area contributed by atoms with Crippen LogP contribution in [0, 0.1) is 0 Å². The minimum Gasteiger partial charge on any atom is -0.368 e. The Labute approximate surface area is 179 Å². The normalized spacial score (nSPS) is 11.6. The van der Waals surface area contributed by atoms with Crippen molar-refractivity contribution in [3.63, 3.8) is 0 Å². The van der Waals surface area contributed by atoms with Gasteiger partial charge in [-0.1, -0.05) is 35.9 Å². The van der Waals surface area contributed by atoms with Gasteiger partial charge in [-0.25, -0.2) is 0 Å². The molecule has 0 unspecified atom stereocenters. The van der Waals surface area contributed by atoms with Crippen molar-refractivity contribution in [2.75, 3.05) is 19.4 Å². The van der Waals surface area contributed by atoms with Crippen molar-refractivity contribution in [1.29, 1.82) is 0 Å². The monoisotopic (exact) mass is 445 g/mol. The van der Waals surface area contributed by atoms with Crippen molar-refractivity contribution >= 4 is 39.6 Å². The van der Waals surface area contributed by atoms with Crippen molar-refractivity contribution in [1.82, 2.24) is 15.1 Å². The highest BCUT2D eigenvalue weighted by molar-refractivity contribution is 7.90. The summed E-state index contributed by atoms with van der Waals surface area (Å²) in [4.78, 5) is 13.9. The van der Waals surface area contributed by atoms with Crippen LogP contribution < -0.4 is 5.32 Å². The summed E-state index contributed by atoms with van der Waals surface area (Å²) in [6, 6.07) is 11.7. The second kappa shape index (κ2) is 9.10. The maximum absolute atomic E-state index is 12.8. The first kappa shape index (κ1) is 21.5. The van der Waals surface area contributed by atoms with Crippen LogP contribution in [0.5, 0.6) is 0 Å². The molecule has 0 saturated heterocycles. The Morgan fingerprint density at radius 3 is 2.70 bits per heavy atom. The number of carbonyl (C=O) groups is 1. The summed E-state index contributed by atoms with van der Waals surface area (Å²) in [5.74, 6) is -0.320. The molecule has 0 fully saturated rings. The van der Waals surface area contributed by atoms with Crippen LogP contribution in [-0.4, -0.2) is 49.9 Å². The number of benzene rings is 2. The first-order chi connectivity index (χ1) is 14.3. The van der Waals surface area contributed by atoms with Gasteiger partial charge >= 0.3 is 0 Å². The molecule has 1 amide bonds. The largest absolute Gasteiger partial charge is 0.368 e. The van der Waals surface area contributed by atoms with Crippen LogP contribution >= 0.6 is 11.6 Å². The Morgan fingerprint density at radius 2 is 2.03 bits per heavy atom. The van der Waals surface area contributed by atoms with E-state index in [1.807, 2.05) is 0 Å². The molecule has 0 spiro atoms. The van der Waals surface area contributed by atoms with Crippen LogP contribution in [0.3, 0.4) is 0 Å². The first-order valence-electron chi connectivity index (χ1n) is 8.89. The molecule has 0 aliphatic rings. The van der Waals surface area contributed by atoms with Gasteiger partial charge in [-0.3, -0.25) is 9.89 Å². The van der Waals surface area contributed by atoms with E-state index in [0.717, 1.165) is 0 Å². The fourth-order valence-corrected chi connectivity index (χ4v) is 4.05. The Balaban J connectivity index is 1.93. The molecule has 0 aliphatic heterocycles. The molecule has 2 aromatic carbocycles. The van der Waals surface area contributed by atoms with E-state index >= 15 is 0 Å². The Bertz CT molecular complexity index is 1170. The van der Waals surface area contributed by atoms with E-state index in [0.29, 0.717) is 27.4 Å². The summed E-state index contributed by atoms with van der Waals surface area (Å²) in [5.41, 5.74) is 2.01. The standard InChI is InChI=1S/C20H20ClN5O3S/c1-26(2)13-24-30(28,29)19-10-16(7-8-17(19)15-11-22-23-12-15)25-20(27)9-14-5-3-4-6-18(14)21/h3-8,10-13H,9H2,1-2H3,(H,22,23)(H,25,27). The van der Waals surface area contributed by atoms with Gasteiger partial charge < -0.3 is 10.2 Å². The van der Waals surface area contributed by atoms with E-state index in [-0.39, 0.29) is 17.2 Å². The summed E-state index contributed by atoms with van der Waals surface area (Å²) in [6.07, 6.45) is 4.36. The quantitative estimate of drug-likeness (QED) is 0.429. The Kier molecular flexibility index (Phi) is 6.53. The lowest BCUT2D eigenvalue weighted by molar-refractivity contribution is -0.115. The van der Waals surface area contributed by atoms with Crippen molar-refractivity contribution in [2.24, 2.45) is 4.40 Å². The summed E-state index contributed by atoms with van der Waals surface area (Å²) < 4.78 is 29.4. The van der Waals surface area contributed by atoms with E-state index in [9.17, 15) is 13.2 Å². The molecular formula is C20H20ClN5O3S. The van der Waals surface area contributed by atoms with E-state index < -0.39 is 10.0 Å². The number of sulfonamides is 1. The smallest absolute Gasteiger partial charge is 0.284 e. The van der Waals surface area contributed by atoms with Crippen molar-refractivity contribution in [3.8, 4) is 11.1 Å². The van der Waals surface area contributed by atoms with Crippen LogP contribution in [0.1, 0.15) is 5.56 Å². The molecule has 156 valence electrons. The average molecular weight is 446 g/mol. The maximum Gasteiger partial charge on any atom is 0.284 e. The fraction of sp³-hybridized carbons (Fsp3) is 0.150. The number of nitrogens with zero attached hydrogens (tertiary/aromatic N) is 3. The van der Waals surface area contributed by atoms with Gasteiger partial charge in [0, 0.05) is 42.1 Å². The number of hydrogen-bond acceptors (Lipinski definition) is 4. The minimum atomic E-state index is -4.02. The zero-order chi connectivity index (χ0) is 21.7. The number of anilines is 1. The van der Waals surface area contributed by atoms with Crippen LogP contribution in [0.4, 0.5) is 5.69 Å². The molecule has 0 bridgehead atoms. The lowest BCUT2D eigenvalue weighted by atomic mass is 10.1. The van der Waals surface area contributed by atoms with Gasteiger partial charge in [-0.15, -0.1) is 4.40 Å². The first-order valence-corrected chi connectivity index (χ1v) is 10.7. The fourth-order valence-electron chi connectivity index (χ4n) is 2.68. The summed E-state index contributed by atoms with van der Waals surface area (Å²) >= 11 is 6.11. The van der Waals surface area contributed by atoms with E-state index in [1.54, 1.807) is 56.7 Å². The molecule has 3 aromatic rings.